The molecule has 1 aliphatic rings. The molecule has 7 heteroatoms. The van der Waals surface area contributed by atoms with Crippen molar-refractivity contribution in [3.8, 4) is 0 Å². The molecule has 4 nitrogen and oxygen atoms in total. The van der Waals surface area contributed by atoms with Gasteiger partial charge in [0, 0.05) is 38.3 Å². The first-order valence-electron chi connectivity index (χ1n) is 9.88. The Balaban J connectivity index is 1.58. The zero-order valence-corrected chi connectivity index (χ0v) is 18.7. The second kappa shape index (κ2) is 8.02. The number of carbonyl (C=O) groups is 1. The van der Waals surface area contributed by atoms with Crippen molar-refractivity contribution < 1.29 is 9.18 Å². The van der Waals surface area contributed by atoms with Crippen LogP contribution in [0.25, 0.3) is 10.9 Å². The van der Waals surface area contributed by atoms with Crippen molar-refractivity contribution in [3.63, 3.8) is 0 Å². The predicted molar refractivity (Wildman–Crippen MR) is 125 cm³/mol. The molecule has 5 rings (SSSR count). The van der Waals surface area contributed by atoms with Crippen LogP contribution in [0.1, 0.15) is 22.9 Å². The molecule has 1 aliphatic heterocycles. The van der Waals surface area contributed by atoms with E-state index in [9.17, 15) is 9.18 Å². The number of hydrogen-bond acceptors (Lipinski definition) is 1. The molecule has 2 N–H and O–H groups in total. The van der Waals surface area contributed by atoms with E-state index in [1.807, 2.05) is 42.5 Å². The Bertz CT molecular complexity index is 1270. The Morgan fingerprint density at radius 1 is 1.10 bits per heavy atom. The van der Waals surface area contributed by atoms with Crippen LogP contribution in [0.3, 0.4) is 0 Å². The Morgan fingerprint density at radius 2 is 1.84 bits per heavy atom. The molecule has 3 aromatic carbocycles. The molecule has 2 heterocycles. The lowest BCUT2D eigenvalue weighted by atomic mass is 9.92. The predicted octanol–water partition coefficient (Wildman–Crippen LogP) is 6.90. The topological polar surface area (TPSA) is 48.1 Å². The molecule has 0 radical (unpaired) electrons. The number of carbonyl (C=O) groups excluding carboxylic acids is 1. The monoisotopic (exact) mass is 497 g/mol. The van der Waals surface area contributed by atoms with Gasteiger partial charge < -0.3 is 15.2 Å². The van der Waals surface area contributed by atoms with Crippen LogP contribution in [0.2, 0.25) is 5.02 Å². The van der Waals surface area contributed by atoms with Crippen molar-refractivity contribution in [1.29, 1.82) is 0 Å². The van der Waals surface area contributed by atoms with Crippen molar-refractivity contribution in [3.05, 3.63) is 98.9 Å². The van der Waals surface area contributed by atoms with Gasteiger partial charge >= 0.3 is 6.03 Å². The molecule has 1 aromatic heterocycles. The maximum Gasteiger partial charge on any atom is 0.322 e. The zero-order valence-electron chi connectivity index (χ0n) is 16.3. The third kappa shape index (κ3) is 3.82. The number of nitrogens with one attached hydrogen (secondary N) is 2. The second-order valence-electron chi connectivity index (χ2n) is 7.54. The molecule has 31 heavy (non-hydrogen) atoms. The third-order valence-corrected chi connectivity index (χ3v) is 6.39. The number of rotatable bonds is 2. The lowest BCUT2D eigenvalue weighted by Crippen LogP contribution is -2.43. The summed E-state index contributed by atoms with van der Waals surface area (Å²) in [5.41, 5.74) is 4.59. The van der Waals surface area contributed by atoms with Crippen LogP contribution in [0.15, 0.2) is 71.2 Å². The molecule has 0 bridgehead atoms. The van der Waals surface area contributed by atoms with Gasteiger partial charge in [-0.2, -0.15) is 0 Å². The van der Waals surface area contributed by atoms with Gasteiger partial charge in [-0.25, -0.2) is 9.18 Å². The maximum atomic E-state index is 13.6. The number of urea groups is 1. The summed E-state index contributed by atoms with van der Waals surface area (Å²) in [5.74, 6) is -0.311. The van der Waals surface area contributed by atoms with Crippen LogP contribution in [-0.4, -0.2) is 22.5 Å². The van der Waals surface area contributed by atoms with Gasteiger partial charge in [-0.3, -0.25) is 0 Å². The molecule has 0 saturated heterocycles. The fraction of sp³-hybridized carbons (Fsp3) is 0.125. The van der Waals surface area contributed by atoms with Gasteiger partial charge in [0.1, 0.15) is 5.82 Å². The van der Waals surface area contributed by atoms with Crippen molar-refractivity contribution in [1.82, 2.24) is 9.88 Å². The summed E-state index contributed by atoms with van der Waals surface area (Å²) in [5, 5.41) is 4.71. The molecular formula is C24H18BrClFN3O. The standard InChI is InChI=1S/C24H18BrClFN3O/c25-15-3-8-18(9-4-15)28-24(31)30-12-11-19-20-13-16(26)5-10-21(20)29-22(19)23(30)14-1-6-17(27)7-2-14/h1-10,13,23,29H,11-12H2,(H,28,31). The number of anilines is 1. The normalized spacial score (nSPS) is 15.7. The summed E-state index contributed by atoms with van der Waals surface area (Å²) in [6.07, 6.45) is 0.696. The number of nitrogens with zero attached hydrogens (tertiary/aromatic N) is 1. The van der Waals surface area contributed by atoms with E-state index in [0.29, 0.717) is 23.7 Å². The van der Waals surface area contributed by atoms with Crippen LogP contribution in [0.5, 0.6) is 0 Å². The quantitative estimate of drug-likeness (QED) is 0.310. The van der Waals surface area contributed by atoms with E-state index in [1.165, 1.54) is 12.1 Å². The van der Waals surface area contributed by atoms with Crippen molar-refractivity contribution in [2.24, 2.45) is 0 Å². The first kappa shape index (κ1) is 20.1. The summed E-state index contributed by atoms with van der Waals surface area (Å²) in [6, 6.07) is 18.9. The largest absolute Gasteiger partial charge is 0.356 e. The Hall–Kier alpha value is -2.83. The van der Waals surface area contributed by atoms with Gasteiger partial charge in [0.15, 0.2) is 0 Å². The Kier molecular flexibility index (Phi) is 5.20. The minimum absolute atomic E-state index is 0.209. The Morgan fingerprint density at radius 3 is 2.58 bits per heavy atom. The van der Waals surface area contributed by atoms with Crippen molar-refractivity contribution in [2.75, 3.05) is 11.9 Å². The smallest absolute Gasteiger partial charge is 0.322 e. The minimum Gasteiger partial charge on any atom is -0.356 e. The van der Waals surface area contributed by atoms with E-state index < -0.39 is 0 Å². The maximum absolute atomic E-state index is 13.6. The number of fused-ring (bicyclic) bond motifs is 3. The number of aromatic amines is 1. The SMILES string of the molecule is O=C(Nc1ccc(Br)cc1)N1CCc2c([nH]c3ccc(Cl)cc23)C1c1ccc(F)cc1. The Labute approximate surface area is 192 Å². The van der Waals surface area contributed by atoms with E-state index in [2.05, 4.69) is 26.2 Å². The van der Waals surface area contributed by atoms with Crippen LogP contribution in [-0.2, 0) is 6.42 Å². The summed E-state index contributed by atoms with van der Waals surface area (Å²) in [6.45, 7) is 0.525. The van der Waals surface area contributed by atoms with E-state index in [-0.39, 0.29) is 17.9 Å². The van der Waals surface area contributed by atoms with Gasteiger partial charge in [0.25, 0.3) is 0 Å². The van der Waals surface area contributed by atoms with Gasteiger partial charge in [0.2, 0.25) is 0 Å². The van der Waals surface area contributed by atoms with Gasteiger partial charge in [-0.1, -0.05) is 39.7 Å². The molecule has 156 valence electrons. The number of benzene rings is 3. The number of aromatic nitrogens is 1. The summed E-state index contributed by atoms with van der Waals surface area (Å²) in [4.78, 5) is 18.5. The van der Waals surface area contributed by atoms with Crippen LogP contribution in [0, 0.1) is 5.82 Å². The fourth-order valence-electron chi connectivity index (χ4n) is 4.20. The summed E-state index contributed by atoms with van der Waals surface area (Å²) >= 11 is 9.64. The van der Waals surface area contributed by atoms with E-state index >= 15 is 0 Å². The third-order valence-electron chi connectivity index (χ3n) is 5.63. The first-order chi connectivity index (χ1) is 15.0. The highest BCUT2D eigenvalue weighted by Crippen LogP contribution is 2.39. The number of hydrogen-bond donors (Lipinski definition) is 2. The molecule has 0 spiro atoms. The molecule has 1 atom stereocenters. The molecule has 2 amide bonds. The lowest BCUT2D eigenvalue weighted by molar-refractivity contribution is 0.193. The highest BCUT2D eigenvalue weighted by Gasteiger charge is 2.34. The van der Waals surface area contributed by atoms with E-state index in [0.717, 1.165) is 32.2 Å². The van der Waals surface area contributed by atoms with Gasteiger partial charge in [-0.05, 0) is 72.1 Å². The second-order valence-corrected chi connectivity index (χ2v) is 8.89. The van der Waals surface area contributed by atoms with Crippen molar-refractivity contribution in [2.45, 2.75) is 12.5 Å². The number of halogens is 3. The first-order valence-corrected chi connectivity index (χ1v) is 11.1. The molecule has 1 unspecified atom stereocenters. The van der Waals surface area contributed by atoms with Gasteiger partial charge in [-0.15, -0.1) is 0 Å². The fourth-order valence-corrected chi connectivity index (χ4v) is 4.64. The summed E-state index contributed by atoms with van der Waals surface area (Å²) in [7, 11) is 0. The van der Waals surface area contributed by atoms with Gasteiger partial charge in [0.05, 0.1) is 6.04 Å². The zero-order chi connectivity index (χ0) is 21.5. The number of amides is 2. The molecule has 0 saturated carbocycles. The highest BCUT2D eigenvalue weighted by molar-refractivity contribution is 9.10. The number of H-pyrrole nitrogens is 1. The average molecular weight is 499 g/mol. The lowest BCUT2D eigenvalue weighted by Gasteiger charge is -2.36. The van der Waals surface area contributed by atoms with Crippen LogP contribution in [0.4, 0.5) is 14.9 Å². The highest BCUT2D eigenvalue weighted by atomic mass is 79.9. The van der Waals surface area contributed by atoms with E-state index in [4.69, 9.17) is 11.6 Å². The van der Waals surface area contributed by atoms with E-state index in [1.54, 1.807) is 17.0 Å². The molecule has 4 aromatic rings. The summed E-state index contributed by atoms with van der Waals surface area (Å²) < 4.78 is 14.6. The van der Waals surface area contributed by atoms with Crippen molar-refractivity contribution >= 4 is 50.2 Å². The average Bonchev–Trinajstić information content (AvgIpc) is 3.13. The van der Waals surface area contributed by atoms with Crippen LogP contribution >= 0.6 is 27.5 Å². The molecule has 0 fully saturated rings. The molecular weight excluding hydrogens is 481 g/mol. The molecule has 0 aliphatic carbocycles. The van der Waals surface area contributed by atoms with Crippen LogP contribution < -0.4 is 5.32 Å². The minimum atomic E-state index is -0.369.